The van der Waals surface area contributed by atoms with Gasteiger partial charge in [0.05, 0.1) is 18.8 Å². The van der Waals surface area contributed by atoms with Crippen molar-refractivity contribution in [1.82, 2.24) is 10.6 Å². The molecule has 0 bridgehead atoms. The normalized spacial score (nSPS) is 15.2. The van der Waals surface area contributed by atoms with Gasteiger partial charge in [0.25, 0.3) is 5.91 Å². The molecule has 9 heteroatoms. The van der Waals surface area contributed by atoms with E-state index in [1.54, 1.807) is 0 Å². The highest BCUT2D eigenvalue weighted by Gasteiger charge is 2.30. The van der Waals surface area contributed by atoms with E-state index in [1.807, 2.05) is 31.2 Å². The first-order chi connectivity index (χ1) is 13.2. The van der Waals surface area contributed by atoms with E-state index in [9.17, 15) is 19.5 Å². The molecular formula is C19H30N4O5. The van der Waals surface area contributed by atoms with Crippen LogP contribution in [0.5, 0.6) is 0 Å². The number of hydrogen-bond donors (Lipinski definition) is 5. The zero-order valence-electron chi connectivity index (χ0n) is 16.5. The molecular weight excluding hydrogens is 364 g/mol. The summed E-state index contributed by atoms with van der Waals surface area (Å²) in [6, 6.07) is 5.43. The van der Waals surface area contributed by atoms with Gasteiger partial charge in [-0.1, -0.05) is 29.8 Å². The van der Waals surface area contributed by atoms with Crippen molar-refractivity contribution >= 4 is 17.6 Å². The Balaban J connectivity index is 2.72. The van der Waals surface area contributed by atoms with Crippen molar-refractivity contribution < 1.29 is 24.2 Å². The van der Waals surface area contributed by atoms with Gasteiger partial charge in [0.1, 0.15) is 12.1 Å². The first-order valence-corrected chi connectivity index (χ1v) is 9.06. The Labute approximate surface area is 164 Å². The standard InChI is InChI=1S/C19H30N4O5/c1-11-4-6-14(7-5-11)10-28-16(9-21)18(26)23-17(13(3)25)19(27)22-15(8-20)12(2)24/h4-7,13,15-17,25H,8-10,20-21H2,1-3H3,(H,22,27)(H,23,26)/t13?,15-,16-,17-/m0/s1. The summed E-state index contributed by atoms with van der Waals surface area (Å²) in [6.45, 7) is 4.57. The number of amides is 2. The molecule has 1 unspecified atom stereocenters. The number of Topliss-reactive ketones (excluding diaryl/α,β-unsaturated/α-hetero) is 1. The van der Waals surface area contributed by atoms with Crippen LogP contribution in [0.25, 0.3) is 0 Å². The molecule has 1 rings (SSSR count). The van der Waals surface area contributed by atoms with Gasteiger partial charge in [-0.2, -0.15) is 0 Å². The molecule has 0 aliphatic rings. The lowest BCUT2D eigenvalue weighted by Crippen LogP contribution is -2.58. The minimum absolute atomic E-state index is 0.0906. The number of hydrogen-bond acceptors (Lipinski definition) is 7. The molecule has 0 saturated carbocycles. The summed E-state index contributed by atoms with van der Waals surface area (Å²) < 4.78 is 5.56. The lowest BCUT2D eigenvalue weighted by Gasteiger charge is -2.25. The Morgan fingerprint density at radius 3 is 2.14 bits per heavy atom. The fourth-order valence-electron chi connectivity index (χ4n) is 2.37. The van der Waals surface area contributed by atoms with Gasteiger partial charge in [0, 0.05) is 13.1 Å². The molecule has 2 amide bonds. The van der Waals surface area contributed by atoms with Gasteiger partial charge in [-0.3, -0.25) is 14.4 Å². The van der Waals surface area contributed by atoms with Crippen LogP contribution in [-0.2, 0) is 25.7 Å². The maximum Gasteiger partial charge on any atom is 0.251 e. The van der Waals surface area contributed by atoms with E-state index in [2.05, 4.69) is 10.6 Å². The summed E-state index contributed by atoms with van der Waals surface area (Å²) in [5, 5.41) is 14.7. The second-order valence-electron chi connectivity index (χ2n) is 6.66. The van der Waals surface area contributed by atoms with Gasteiger partial charge in [-0.25, -0.2) is 0 Å². The van der Waals surface area contributed by atoms with Crippen LogP contribution in [0.3, 0.4) is 0 Å². The first-order valence-electron chi connectivity index (χ1n) is 9.06. The molecule has 4 atom stereocenters. The molecule has 0 radical (unpaired) electrons. The molecule has 9 nitrogen and oxygen atoms in total. The van der Waals surface area contributed by atoms with Crippen LogP contribution in [0.15, 0.2) is 24.3 Å². The van der Waals surface area contributed by atoms with Crippen molar-refractivity contribution in [1.29, 1.82) is 0 Å². The number of ether oxygens (including phenoxy) is 1. The number of aliphatic hydroxyl groups excluding tert-OH is 1. The van der Waals surface area contributed by atoms with E-state index in [-0.39, 0.29) is 25.5 Å². The number of ketones is 1. The summed E-state index contributed by atoms with van der Waals surface area (Å²) in [4.78, 5) is 36.2. The van der Waals surface area contributed by atoms with Crippen LogP contribution >= 0.6 is 0 Å². The summed E-state index contributed by atoms with van der Waals surface area (Å²) in [6.07, 6.45) is -2.21. The summed E-state index contributed by atoms with van der Waals surface area (Å²) in [7, 11) is 0. The van der Waals surface area contributed by atoms with E-state index in [0.717, 1.165) is 11.1 Å². The third kappa shape index (κ3) is 7.35. The molecule has 0 spiro atoms. The fraction of sp³-hybridized carbons (Fsp3) is 0.526. The number of benzene rings is 1. The van der Waals surface area contributed by atoms with Crippen LogP contribution in [-0.4, -0.2) is 60.1 Å². The predicted molar refractivity (Wildman–Crippen MR) is 104 cm³/mol. The van der Waals surface area contributed by atoms with Crippen molar-refractivity contribution in [3.63, 3.8) is 0 Å². The second-order valence-corrected chi connectivity index (χ2v) is 6.66. The van der Waals surface area contributed by atoms with Crippen LogP contribution in [0.1, 0.15) is 25.0 Å². The minimum atomic E-state index is -1.28. The Morgan fingerprint density at radius 1 is 1.07 bits per heavy atom. The molecule has 0 saturated heterocycles. The molecule has 1 aromatic rings. The van der Waals surface area contributed by atoms with E-state index in [1.165, 1.54) is 13.8 Å². The largest absolute Gasteiger partial charge is 0.391 e. The molecule has 1 aromatic carbocycles. The smallest absolute Gasteiger partial charge is 0.251 e. The van der Waals surface area contributed by atoms with Crippen LogP contribution in [0.4, 0.5) is 0 Å². The van der Waals surface area contributed by atoms with Gasteiger partial charge in [0.2, 0.25) is 5.91 Å². The van der Waals surface area contributed by atoms with Gasteiger partial charge < -0.3 is 31.9 Å². The molecule has 0 heterocycles. The Hall–Kier alpha value is -2.33. The second kappa shape index (κ2) is 11.5. The van der Waals surface area contributed by atoms with Crippen molar-refractivity contribution in [3.8, 4) is 0 Å². The van der Waals surface area contributed by atoms with Crippen LogP contribution in [0.2, 0.25) is 0 Å². The molecule has 0 aliphatic carbocycles. The van der Waals surface area contributed by atoms with E-state index in [0.29, 0.717) is 0 Å². The van der Waals surface area contributed by atoms with E-state index in [4.69, 9.17) is 16.2 Å². The molecule has 7 N–H and O–H groups in total. The molecule has 0 aromatic heterocycles. The maximum absolute atomic E-state index is 12.5. The third-order valence-corrected chi connectivity index (χ3v) is 4.18. The average Bonchev–Trinajstić information content (AvgIpc) is 2.65. The number of carbonyl (C=O) groups is 3. The van der Waals surface area contributed by atoms with Crippen molar-refractivity contribution in [2.45, 2.75) is 51.7 Å². The highest BCUT2D eigenvalue weighted by Crippen LogP contribution is 2.07. The van der Waals surface area contributed by atoms with Crippen LogP contribution < -0.4 is 22.1 Å². The lowest BCUT2D eigenvalue weighted by molar-refractivity contribution is -0.139. The summed E-state index contributed by atoms with van der Waals surface area (Å²) in [5.41, 5.74) is 13.0. The number of nitrogens with two attached hydrogens (primary N) is 2. The Bertz CT molecular complexity index is 663. The predicted octanol–water partition coefficient (Wildman–Crippen LogP) is -1.26. The monoisotopic (exact) mass is 394 g/mol. The quantitative estimate of drug-likeness (QED) is 0.313. The molecule has 156 valence electrons. The van der Waals surface area contributed by atoms with Crippen molar-refractivity contribution in [3.05, 3.63) is 35.4 Å². The minimum Gasteiger partial charge on any atom is -0.391 e. The van der Waals surface area contributed by atoms with E-state index >= 15 is 0 Å². The zero-order chi connectivity index (χ0) is 21.3. The molecule has 28 heavy (non-hydrogen) atoms. The molecule has 0 aliphatic heterocycles. The highest BCUT2D eigenvalue weighted by molar-refractivity contribution is 5.93. The number of rotatable bonds is 11. The van der Waals surface area contributed by atoms with Gasteiger partial charge >= 0.3 is 0 Å². The van der Waals surface area contributed by atoms with Crippen molar-refractivity contribution in [2.24, 2.45) is 11.5 Å². The Kier molecular flexibility index (Phi) is 9.74. The van der Waals surface area contributed by atoms with Crippen molar-refractivity contribution in [2.75, 3.05) is 13.1 Å². The number of aryl methyl sites for hydroxylation is 1. The highest BCUT2D eigenvalue weighted by atomic mass is 16.5. The topological polar surface area (TPSA) is 157 Å². The zero-order valence-corrected chi connectivity index (χ0v) is 16.5. The van der Waals surface area contributed by atoms with Gasteiger partial charge in [-0.05, 0) is 26.3 Å². The van der Waals surface area contributed by atoms with Gasteiger partial charge in [0.15, 0.2) is 5.78 Å². The summed E-state index contributed by atoms with van der Waals surface area (Å²) in [5.74, 6) is -1.68. The molecule has 0 fully saturated rings. The van der Waals surface area contributed by atoms with Crippen LogP contribution in [0, 0.1) is 6.92 Å². The van der Waals surface area contributed by atoms with E-state index < -0.39 is 36.1 Å². The third-order valence-electron chi connectivity index (χ3n) is 4.18. The fourth-order valence-corrected chi connectivity index (χ4v) is 2.37. The first kappa shape index (κ1) is 23.7. The number of aliphatic hydroxyl groups is 1. The number of nitrogens with one attached hydrogen (secondary N) is 2. The summed E-state index contributed by atoms with van der Waals surface area (Å²) >= 11 is 0. The lowest BCUT2D eigenvalue weighted by atomic mass is 10.1. The average molecular weight is 394 g/mol. The SMILES string of the molecule is CC(=O)[C@H](CN)NC(=O)[C@@H](NC(=O)[C@H](CN)OCc1ccc(C)cc1)C(C)O. The van der Waals surface area contributed by atoms with Gasteiger partial charge in [-0.15, -0.1) is 0 Å². The number of carbonyl (C=O) groups excluding carboxylic acids is 3. The maximum atomic E-state index is 12.5. The Morgan fingerprint density at radius 2 is 1.68 bits per heavy atom.